The number of hydrogen-bond acceptors (Lipinski definition) is 3. The van der Waals surface area contributed by atoms with Crippen molar-refractivity contribution in [2.75, 3.05) is 13.1 Å². The molecular weight excluding hydrogens is 336 g/mol. The second-order valence-electron chi connectivity index (χ2n) is 7.66. The standard InChI is InChI=1S/C22H26N4O/c1-14-7-8-17(15(2)11-14)16-9-10-26(13-16)22(27)19(23)12-21-18-5-3-4-6-20(18)24-25-21/h3-8,11,16,19H,9-10,12-13,23H2,1-2H3,(H,24,25). The first-order chi connectivity index (χ1) is 13.0. The number of likely N-dealkylation sites (tertiary alicyclic amines) is 1. The number of para-hydroxylation sites is 1. The first-order valence-corrected chi connectivity index (χ1v) is 9.56. The van der Waals surface area contributed by atoms with Crippen molar-refractivity contribution in [2.45, 2.75) is 38.6 Å². The lowest BCUT2D eigenvalue weighted by molar-refractivity contribution is -0.131. The normalized spacial score (nSPS) is 18.2. The summed E-state index contributed by atoms with van der Waals surface area (Å²) >= 11 is 0. The van der Waals surface area contributed by atoms with Crippen molar-refractivity contribution in [1.82, 2.24) is 15.1 Å². The van der Waals surface area contributed by atoms with E-state index in [0.717, 1.165) is 36.1 Å². The molecule has 5 heteroatoms. The van der Waals surface area contributed by atoms with Gasteiger partial charge in [0.1, 0.15) is 0 Å². The lowest BCUT2D eigenvalue weighted by Gasteiger charge is -2.21. The minimum atomic E-state index is -0.549. The van der Waals surface area contributed by atoms with E-state index in [1.54, 1.807) is 0 Å². The zero-order valence-corrected chi connectivity index (χ0v) is 15.9. The zero-order chi connectivity index (χ0) is 19.0. The van der Waals surface area contributed by atoms with Crippen molar-refractivity contribution in [3.05, 3.63) is 64.8 Å². The Kier molecular flexibility index (Phi) is 4.70. The Balaban J connectivity index is 1.44. The fraction of sp³-hybridized carbons (Fsp3) is 0.364. The number of amides is 1. The number of aromatic amines is 1. The van der Waals surface area contributed by atoms with Gasteiger partial charge in [0.25, 0.3) is 0 Å². The first kappa shape index (κ1) is 17.7. The van der Waals surface area contributed by atoms with Crippen molar-refractivity contribution in [3.8, 4) is 0 Å². The molecule has 1 aliphatic rings. The fourth-order valence-electron chi connectivity index (χ4n) is 4.21. The lowest BCUT2D eigenvalue weighted by Crippen LogP contribution is -2.44. The third-order valence-electron chi connectivity index (χ3n) is 5.65. The van der Waals surface area contributed by atoms with Crippen LogP contribution >= 0.6 is 0 Å². The van der Waals surface area contributed by atoms with Crippen molar-refractivity contribution in [2.24, 2.45) is 5.73 Å². The summed E-state index contributed by atoms with van der Waals surface area (Å²) in [6, 6.07) is 13.9. The Hall–Kier alpha value is -2.66. The number of aromatic nitrogens is 2. The molecule has 1 saturated heterocycles. The number of H-pyrrole nitrogens is 1. The molecule has 0 aliphatic carbocycles. The van der Waals surface area contributed by atoms with Gasteiger partial charge >= 0.3 is 0 Å². The van der Waals surface area contributed by atoms with Gasteiger partial charge in [0.15, 0.2) is 0 Å². The maximum Gasteiger partial charge on any atom is 0.239 e. The van der Waals surface area contributed by atoms with Gasteiger partial charge in [0, 0.05) is 36.5 Å². The summed E-state index contributed by atoms with van der Waals surface area (Å²) in [4.78, 5) is 14.8. The lowest BCUT2D eigenvalue weighted by atomic mass is 9.93. The van der Waals surface area contributed by atoms with Crippen LogP contribution in [0.1, 0.15) is 34.7 Å². The van der Waals surface area contributed by atoms with Crippen LogP contribution in [-0.2, 0) is 11.2 Å². The van der Waals surface area contributed by atoms with E-state index in [1.807, 2.05) is 29.2 Å². The molecule has 5 nitrogen and oxygen atoms in total. The summed E-state index contributed by atoms with van der Waals surface area (Å²) in [7, 11) is 0. The molecule has 1 amide bonds. The van der Waals surface area contributed by atoms with E-state index < -0.39 is 6.04 Å². The minimum absolute atomic E-state index is 0.0287. The monoisotopic (exact) mass is 362 g/mol. The summed E-state index contributed by atoms with van der Waals surface area (Å²) in [6.07, 6.45) is 1.47. The van der Waals surface area contributed by atoms with E-state index in [0.29, 0.717) is 12.3 Å². The maximum absolute atomic E-state index is 12.9. The topological polar surface area (TPSA) is 75.0 Å². The van der Waals surface area contributed by atoms with Crippen LogP contribution < -0.4 is 5.73 Å². The van der Waals surface area contributed by atoms with Gasteiger partial charge < -0.3 is 10.6 Å². The molecule has 2 atom stereocenters. The number of carbonyl (C=O) groups is 1. The summed E-state index contributed by atoms with van der Waals surface area (Å²) in [5.41, 5.74) is 12.0. The highest BCUT2D eigenvalue weighted by Crippen LogP contribution is 2.30. The molecule has 0 spiro atoms. The summed E-state index contributed by atoms with van der Waals surface area (Å²) in [5, 5.41) is 8.37. The van der Waals surface area contributed by atoms with E-state index in [-0.39, 0.29) is 5.91 Å². The number of benzene rings is 2. The van der Waals surface area contributed by atoms with Crippen molar-refractivity contribution < 1.29 is 4.79 Å². The fourth-order valence-corrected chi connectivity index (χ4v) is 4.21. The second kappa shape index (κ2) is 7.16. The smallest absolute Gasteiger partial charge is 0.239 e. The average molecular weight is 362 g/mol. The van der Waals surface area contributed by atoms with E-state index in [2.05, 4.69) is 42.2 Å². The number of rotatable bonds is 4. The van der Waals surface area contributed by atoms with Crippen molar-refractivity contribution >= 4 is 16.8 Å². The highest BCUT2D eigenvalue weighted by Gasteiger charge is 2.31. The molecule has 1 fully saturated rings. The molecule has 0 saturated carbocycles. The summed E-state index contributed by atoms with van der Waals surface area (Å²) < 4.78 is 0. The number of fused-ring (bicyclic) bond motifs is 1. The second-order valence-corrected chi connectivity index (χ2v) is 7.66. The molecule has 3 aromatic rings. The van der Waals surface area contributed by atoms with Crippen LogP contribution in [0.4, 0.5) is 0 Å². The number of nitrogens with two attached hydrogens (primary N) is 1. The number of nitrogens with zero attached hydrogens (tertiary/aromatic N) is 2. The molecule has 27 heavy (non-hydrogen) atoms. The van der Waals surface area contributed by atoms with Crippen molar-refractivity contribution in [1.29, 1.82) is 0 Å². The van der Waals surface area contributed by atoms with E-state index in [4.69, 9.17) is 5.73 Å². The summed E-state index contributed by atoms with van der Waals surface area (Å²) in [6.45, 7) is 5.79. The Morgan fingerprint density at radius 3 is 2.93 bits per heavy atom. The Morgan fingerprint density at radius 2 is 2.11 bits per heavy atom. The minimum Gasteiger partial charge on any atom is -0.341 e. The van der Waals surface area contributed by atoms with Crippen LogP contribution in [0.15, 0.2) is 42.5 Å². The molecule has 2 heterocycles. The van der Waals surface area contributed by atoms with Crippen molar-refractivity contribution in [3.63, 3.8) is 0 Å². The third-order valence-corrected chi connectivity index (χ3v) is 5.65. The predicted octanol–water partition coefficient (Wildman–Crippen LogP) is 3.07. The van der Waals surface area contributed by atoms with E-state index in [1.165, 1.54) is 16.7 Å². The van der Waals surface area contributed by atoms with Gasteiger partial charge in [0.2, 0.25) is 5.91 Å². The molecule has 4 rings (SSSR count). The molecule has 2 aromatic carbocycles. The molecule has 1 aromatic heterocycles. The number of carbonyl (C=O) groups excluding carboxylic acids is 1. The quantitative estimate of drug-likeness (QED) is 0.749. The van der Waals surface area contributed by atoms with Crippen LogP contribution in [0, 0.1) is 13.8 Å². The highest BCUT2D eigenvalue weighted by atomic mass is 16.2. The molecule has 140 valence electrons. The molecule has 3 N–H and O–H groups in total. The third kappa shape index (κ3) is 3.47. The molecule has 0 radical (unpaired) electrons. The van der Waals surface area contributed by atoms with E-state index in [9.17, 15) is 4.79 Å². The maximum atomic E-state index is 12.9. The Morgan fingerprint density at radius 1 is 1.30 bits per heavy atom. The van der Waals surface area contributed by atoms with Gasteiger partial charge in [-0.05, 0) is 37.5 Å². The zero-order valence-electron chi connectivity index (χ0n) is 15.9. The largest absolute Gasteiger partial charge is 0.341 e. The van der Waals surface area contributed by atoms with Crippen LogP contribution in [0.3, 0.4) is 0 Å². The number of hydrogen-bond donors (Lipinski definition) is 2. The summed E-state index contributed by atoms with van der Waals surface area (Å²) in [5.74, 6) is 0.427. The van der Waals surface area contributed by atoms with Crippen LogP contribution in [0.25, 0.3) is 10.9 Å². The van der Waals surface area contributed by atoms with E-state index >= 15 is 0 Å². The van der Waals surface area contributed by atoms with Gasteiger partial charge in [-0.15, -0.1) is 0 Å². The number of aryl methyl sites for hydroxylation is 2. The average Bonchev–Trinajstić information content (AvgIpc) is 3.29. The first-order valence-electron chi connectivity index (χ1n) is 9.56. The van der Waals surface area contributed by atoms with Crippen LogP contribution in [0.5, 0.6) is 0 Å². The SMILES string of the molecule is Cc1ccc(C2CCN(C(=O)C(N)Cc3[nH]nc4ccccc34)C2)c(C)c1. The van der Waals surface area contributed by atoms with Gasteiger partial charge in [-0.1, -0.05) is 42.0 Å². The molecule has 1 aliphatic heterocycles. The van der Waals surface area contributed by atoms with Gasteiger partial charge in [-0.3, -0.25) is 9.89 Å². The molecular formula is C22H26N4O. The van der Waals surface area contributed by atoms with Gasteiger partial charge in [-0.2, -0.15) is 5.10 Å². The van der Waals surface area contributed by atoms with Crippen LogP contribution in [-0.4, -0.2) is 40.1 Å². The number of nitrogens with one attached hydrogen (secondary N) is 1. The predicted molar refractivity (Wildman–Crippen MR) is 108 cm³/mol. The Bertz CT molecular complexity index is 977. The van der Waals surface area contributed by atoms with Crippen LogP contribution in [0.2, 0.25) is 0 Å². The van der Waals surface area contributed by atoms with Gasteiger partial charge in [-0.25, -0.2) is 0 Å². The molecule has 0 bridgehead atoms. The Labute approximate surface area is 159 Å². The highest BCUT2D eigenvalue weighted by molar-refractivity contribution is 5.85. The molecule has 2 unspecified atom stereocenters. The van der Waals surface area contributed by atoms with Gasteiger partial charge in [0.05, 0.1) is 11.6 Å².